The smallest absolute Gasteiger partial charge is 0.416 e. The van der Waals surface area contributed by atoms with E-state index in [1.165, 1.54) is 6.26 Å². The van der Waals surface area contributed by atoms with Gasteiger partial charge in [0, 0.05) is 34.0 Å². The lowest BCUT2D eigenvalue weighted by Crippen LogP contribution is -2.62. The largest absolute Gasteiger partial charge is 0.463 e. The average Bonchev–Trinajstić information content (AvgIpc) is 3.28. The third-order valence-corrected chi connectivity index (χ3v) is 7.72. The number of hydrogen-bond acceptors (Lipinski definition) is 14. The Morgan fingerprint density at radius 2 is 1.50 bits per heavy atom. The lowest BCUT2D eigenvalue weighted by Gasteiger charge is -2.42. The van der Waals surface area contributed by atoms with Crippen LogP contribution >= 0.6 is 23.2 Å². The number of amidine groups is 1. The Morgan fingerprint density at radius 1 is 0.979 bits per heavy atom. The molecule has 0 amide bonds. The molecule has 2 heterocycles. The molecule has 0 radical (unpaired) electrons. The number of halogens is 5. The van der Waals surface area contributed by atoms with Crippen LogP contribution in [-0.2, 0) is 64.7 Å². The minimum atomic E-state index is -4.79. The van der Waals surface area contributed by atoms with Crippen molar-refractivity contribution < 1.29 is 65.1 Å². The van der Waals surface area contributed by atoms with E-state index in [-0.39, 0.29) is 16.4 Å². The molecule has 22 heteroatoms. The number of esters is 4. The highest BCUT2D eigenvalue weighted by Crippen LogP contribution is 2.39. The first kappa shape index (κ1) is 38.3. The van der Waals surface area contributed by atoms with Crippen LogP contribution in [-0.4, -0.2) is 87.3 Å². The number of carbonyl (C=O) groups is 4. The van der Waals surface area contributed by atoms with Gasteiger partial charge in [0.25, 0.3) is 6.29 Å². The average molecular weight is 747 g/mol. The van der Waals surface area contributed by atoms with Crippen molar-refractivity contribution in [3.63, 3.8) is 0 Å². The van der Waals surface area contributed by atoms with Crippen molar-refractivity contribution in [2.45, 2.75) is 69.5 Å². The maximum absolute atomic E-state index is 13.3. The molecule has 0 saturated carbocycles. The summed E-state index contributed by atoms with van der Waals surface area (Å²) in [7, 11) is -1.96. The number of nitrogens with zero attached hydrogens (tertiary/aromatic N) is 3. The molecule has 1 aliphatic rings. The van der Waals surface area contributed by atoms with Crippen LogP contribution in [0.4, 0.5) is 19.0 Å². The molecule has 1 aromatic heterocycles. The monoisotopic (exact) mass is 745 g/mol. The van der Waals surface area contributed by atoms with E-state index in [1.807, 2.05) is 0 Å². The van der Waals surface area contributed by atoms with Gasteiger partial charge in [0.15, 0.2) is 18.0 Å². The maximum Gasteiger partial charge on any atom is 0.416 e. The Kier molecular flexibility index (Phi) is 12.3. The third-order valence-electron chi connectivity index (χ3n) is 6.17. The summed E-state index contributed by atoms with van der Waals surface area (Å²) in [6.45, 7) is 3.57. The number of alkyl halides is 3. The van der Waals surface area contributed by atoms with Gasteiger partial charge < -0.3 is 40.0 Å². The molecule has 1 aliphatic heterocycles. The van der Waals surface area contributed by atoms with Gasteiger partial charge in [-0.1, -0.05) is 28.4 Å². The van der Waals surface area contributed by atoms with Gasteiger partial charge in [-0.05, 0) is 12.1 Å². The number of ether oxygens (including phenoxy) is 5. The molecule has 16 nitrogen and oxygen atoms in total. The normalized spacial score (nSPS) is 22.0. The second kappa shape index (κ2) is 15.4. The Hall–Kier alpha value is -4.14. The molecule has 2 aromatic rings. The lowest BCUT2D eigenvalue weighted by molar-refractivity contribution is -0.308. The Balaban J connectivity index is 2.10. The molecule has 0 spiro atoms. The summed E-state index contributed by atoms with van der Waals surface area (Å²) in [5.74, 6) is -4.48. The summed E-state index contributed by atoms with van der Waals surface area (Å²) in [4.78, 5) is 52.7. The van der Waals surface area contributed by atoms with E-state index in [1.54, 1.807) is 0 Å². The Morgan fingerprint density at radius 3 is 1.98 bits per heavy atom. The van der Waals surface area contributed by atoms with Gasteiger partial charge in [-0.25, -0.2) is 4.68 Å². The number of rotatable bonds is 10. The third kappa shape index (κ3) is 9.05. The molecule has 1 saturated heterocycles. The number of nitrogen functional groups attached to an aromatic ring is 1. The quantitative estimate of drug-likeness (QED) is 0.117. The van der Waals surface area contributed by atoms with Crippen LogP contribution in [0.2, 0.25) is 10.0 Å². The summed E-state index contributed by atoms with van der Waals surface area (Å²) in [6, 6.07) is 1.16. The molecule has 6 atom stereocenters. The molecule has 0 bridgehead atoms. The molecular formula is C26H28Cl2F3N5O11S. The number of oxime groups is 1. The summed E-state index contributed by atoms with van der Waals surface area (Å²) < 4.78 is 80.0. The van der Waals surface area contributed by atoms with Gasteiger partial charge in [-0.15, -0.1) is 0 Å². The van der Waals surface area contributed by atoms with Crippen molar-refractivity contribution in [2.75, 3.05) is 18.6 Å². The van der Waals surface area contributed by atoms with E-state index < -0.39 is 105 Å². The first-order valence-corrected chi connectivity index (χ1v) is 15.6. The van der Waals surface area contributed by atoms with E-state index in [0.29, 0.717) is 12.1 Å². The van der Waals surface area contributed by atoms with Crippen molar-refractivity contribution in [1.29, 1.82) is 0 Å². The molecule has 6 unspecified atom stereocenters. The molecule has 4 N–H and O–H groups in total. The highest BCUT2D eigenvalue weighted by atomic mass is 35.5. The maximum atomic E-state index is 13.3. The SMILES string of the molecule is CC(=O)OCC1OC(O/N=C(\N)c2nn(-c3c(Cl)cc(C(F)(F)F)cc3Cl)c(N)c2S(C)=O)C(OC(C)=O)C(OC(C)=O)C1OC(C)=O. The van der Waals surface area contributed by atoms with Crippen LogP contribution in [0.5, 0.6) is 0 Å². The topological polar surface area (TPSA) is 223 Å². The van der Waals surface area contributed by atoms with Gasteiger partial charge in [-0.2, -0.15) is 18.3 Å². The Bertz CT molecular complexity index is 1630. The molecule has 1 aromatic carbocycles. The fourth-order valence-corrected chi connectivity index (χ4v) is 5.84. The van der Waals surface area contributed by atoms with Crippen LogP contribution in [0, 0.1) is 0 Å². The molecule has 1 fully saturated rings. The van der Waals surface area contributed by atoms with E-state index in [2.05, 4.69) is 10.3 Å². The van der Waals surface area contributed by atoms with Crippen molar-refractivity contribution in [2.24, 2.45) is 10.9 Å². The summed E-state index contributed by atoms with van der Waals surface area (Å²) in [5, 5.41) is 6.80. The fraction of sp³-hybridized carbons (Fsp3) is 0.462. The van der Waals surface area contributed by atoms with Gasteiger partial charge in [-0.3, -0.25) is 23.4 Å². The fourth-order valence-electron chi connectivity index (χ4n) is 4.40. The second-order valence-electron chi connectivity index (χ2n) is 9.86. The minimum Gasteiger partial charge on any atom is -0.463 e. The number of nitrogens with two attached hydrogens (primary N) is 2. The highest BCUT2D eigenvalue weighted by molar-refractivity contribution is 7.84. The molecule has 264 valence electrons. The number of aromatic nitrogens is 2. The number of carbonyl (C=O) groups excluding carboxylic acids is 4. The molecular weight excluding hydrogens is 718 g/mol. The van der Waals surface area contributed by atoms with Gasteiger partial charge in [0.05, 0.1) is 26.4 Å². The van der Waals surface area contributed by atoms with Gasteiger partial charge >= 0.3 is 30.1 Å². The van der Waals surface area contributed by atoms with E-state index >= 15 is 0 Å². The molecule has 48 heavy (non-hydrogen) atoms. The van der Waals surface area contributed by atoms with E-state index in [4.69, 9.17) is 63.2 Å². The zero-order valence-corrected chi connectivity index (χ0v) is 27.9. The van der Waals surface area contributed by atoms with Crippen LogP contribution in [0.1, 0.15) is 39.0 Å². The summed E-state index contributed by atoms with van der Waals surface area (Å²) in [6.07, 6.45) is -11.5. The van der Waals surface area contributed by atoms with E-state index in [9.17, 15) is 36.6 Å². The summed E-state index contributed by atoms with van der Waals surface area (Å²) >= 11 is 12.2. The predicted octanol–water partition coefficient (Wildman–Crippen LogP) is 2.24. The van der Waals surface area contributed by atoms with Crippen LogP contribution < -0.4 is 11.5 Å². The van der Waals surface area contributed by atoms with Crippen LogP contribution in [0.3, 0.4) is 0 Å². The van der Waals surface area contributed by atoms with E-state index in [0.717, 1.165) is 32.4 Å². The van der Waals surface area contributed by atoms with Crippen molar-refractivity contribution in [3.05, 3.63) is 33.4 Å². The van der Waals surface area contributed by atoms with Crippen molar-refractivity contribution in [1.82, 2.24) is 9.78 Å². The van der Waals surface area contributed by atoms with Gasteiger partial charge in [0.2, 0.25) is 6.10 Å². The first-order valence-electron chi connectivity index (χ1n) is 13.3. The Labute approximate surface area is 282 Å². The molecule has 0 aliphatic carbocycles. The molecule has 3 rings (SSSR count). The first-order chi connectivity index (χ1) is 22.2. The highest BCUT2D eigenvalue weighted by Gasteiger charge is 2.53. The lowest BCUT2D eigenvalue weighted by atomic mass is 9.98. The second-order valence-corrected chi connectivity index (χ2v) is 12.0. The number of hydrogen-bond donors (Lipinski definition) is 2. The standard InChI is InChI=1S/C26H28Cl2F3N5O11S/c1-9(37)42-8-16-19(43-10(2)38)20(44-11(3)39)21(45-12(4)40)25(46-16)47-35-23(32)17-22(48(5)41)24(33)36(34-17)18-14(27)6-13(7-15(18)28)26(29,30)31/h6-7,16,19-21,25H,8,33H2,1-5H3,(H2,32,35). The van der Waals surface area contributed by atoms with Crippen molar-refractivity contribution >= 4 is 69.5 Å². The minimum absolute atomic E-state index is 0.256. The zero-order chi connectivity index (χ0) is 36.2. The van der Waals surface area contributed by atoms with Gasteiger partial charge in [0.1, 0.15) is 34.8 Å². The predicted molar refractivity (Wildman–Crippen MR) is 159 cm³/mol. The number of anilines is 1. The van der Waals surface area contributed by atoms with Crippen LogP contribution in [0.25, 0.3) is 5.69 Å². The number of benzene rings is 1. The summed E-state index contributed by atoms with van der Waals surface area (Å²) in [5.41, 5.74) is 10.4. The van der Waals surface area contributed by atoms with Crippen molar-refractivity contribution in [3.8, 4) is 5.69 Å². The zero-order valence-electron chi connectivity index (χ0n) is 25.5. The van der Waals surface area contributed by atoms with Crippen LogP contribution in [0.15, 0.2) is 22.2 Å².